The maximum atomic E-state index is 9.65. The van der Waals surface area contributed by atoms with Crippen LogP contribution in [0.25, 0.3) is 0 Å². The number of aliphatic hydroxyl groups excluding tert-OH is 1. The first-order chi connectivity index (χ1) is 7.01. The number of benzene rings is 1. The van der Waals surface area contributed by atoms with Crippen molar-refractivity contribution in [1.29, 1.82) is 0 Å². The molecule has 82 valence electrons. The monoisotopic (exact) mass is 205 g/mol. The van der Waals surface area contributed by atoms with Gasteiger partial charge in [0.1, 0.15) is 0 Å². The molecule has 1 aromatic rings. The van der Waals surface area contributed by atoms with Crippen molar-refractivity contribution in [2.24, 2.45) is 5.41 Å². The highest BCUT2D eigenvalue weighted by atomic mass is 16.3. The highest BCUT2D eigenvalue weighted by Gasteiger charge is 2.47. The Morgan fingerprint density at radius 3 is 2.53 bits per heavy atom. The summed E-state index contributed by atoms with van der Waals surface area (Å²) in [6.07, 6.45) is 0.681. The molecular weight excluding hydrogens is 186 g/mol. The molecule has 0 aliphatic heterocycles. The predicted octanol–water partition coefficient (Wildman–Crippen LogP) is 2.57. The Bertz CT molecular complexity index is 359. The minimum atomic E-state index is -0.168. The Kier molecular flexibility index (Phi) is 2.47. The molecule has 1 aromatic carbocycles. The Morgan fingerprint density at radius 2 is 2.00 bits per heavy atom. The predicted molar refractivity (Wildman–Crippen MR) is 63.0 cm³/mol. The van der Waals surface area contributed by atoms with Crippen molar-refractivity contribution in [3.05, 3.63) is 29.8 Å². The Morgan fingerprint density at radius 1 is 1.33 bits per heavy atom. The number of anilines is 1. The summed E-state index contributed by atoms with van der Waals surface area (Å²) in [6, 6.07) is 8.66. The second-order valence-electron chi connectivity index (χ2n) is 5.08. The molecule has 0 bridgehead atoms. The molecule has 1 fully saturated rings. The minimum Gasteiger partial charge on any atom is -0.392 e. The fourth-order valence-electron chi connectivity index (χ4n) is 2.07. The fraction of sp³-hybridized carbons (Fsp3) is 0.538. The van der Waals surface area contributed by atoms with Crippen molar-refractivity contribution in [2.75, 3.05) is 5.32 Å². The number of hydrogen-bond acceptors (Lipinski definition) is 2. The molecule has 2 heteroatoms. The van der Waals surface area contributed by atoms with Gasteiger partial charge in [0.25, 0.3) is 0 Å². The lowest BCUT2D eigenvalue weighted by Gasteiger charge is -2.50. The van der Waals surface area contributed by atoms with E-state index in [4.69, 9.17) is 0 Å². The number of rotatable bonds is 2. The van der Waals surface area contributed by atoms with E-state index >= 15 is 0 Å². The number of aryl methyl sites for hydroxylation is 1. The summed E-state index contributed by atoms with van der Waals surface area (Å²) in [4.78, 5) is 0. The first-order valence-corrected chi connectivity index (χ1v) is 5.52. The molecule has 0 radical (unpaired) electrons. The molecule has 2 unspecified atom stereocenters. The van der Waals surface area contributed by atoms with E-state index in [9.17, 15) is 5.11 Å². The first kappa shape index (κ1) is 10.5. The maximum absolute atomic E-state index is 9.65. The summed E-state index contributed by atoms with van der Waals surface area (Å²) in [6.45, 7) is 6.32. The van der Waals surface area contributed by atoms with Crippen molar-refractivity contribution < 1.29 is 5.11 Å². The summed E-state index contributed by atoms with van der Waals surface area (Å²) in [5, 5.41) is 13.2. The fourth-order valence-corrected chi connectivity index (χ4v) is 2.07. The average molecular weight is 205 g/mol. The SMILES string of the molecule is Cc1ccccc1NC1CC(O)C1(C)C. The van der Waals surface area contributed by atoms with E-state index in [2.05, 4.69) is 38.2 Å². The van der Waals surface area contributed by atoms with Crippen molar-refractivity contribution in [3.8, 4) is 0 Å². The molecule has 2 N–H and O–H groups in total. The van der Waals surface area contributed by atoms with E-state index in [0.29, 0.717) is 6.04 Å². The second kappa shape index (κ2) is 3.53. The summed E-state index contributed by atoms with van der Waals surface area (Å²) >= 11 is 0. The van der Waals surface area contributed by atoms with Crippen molar-refractivity contribution >= 4 is 5.69 Å². The topological polar surface area (TPSA) is 32.3 Å². The van der Waals surface area contributed by atoms with E-state index in [0.717, 1.165) is 6.42 Å². The van der Waals surface area contributed by atoms with Crippen LogP contribution in [0, 0.1) is 12.3 Å². The first-order valence-electron chi connectivity index (χ1n) is 5.52. The van der Waals surface area contributed by atoms with Crippen LogP contribution in [0.5, 0.6) is 0 Å². The van der Waals surface area contributed by atoms with Gasteiger partial charge in [-0.05, 0) is 25.0 Å². The molecule has 2 atom stereocenters. The van der Waals surface area contributed by atoms with Crippen LogP contribution in [0.2, 0.25) is 0 Å². The van der Waals surface area contributed by atoms with Gasteiger partial charge in [0, 0.05) is 17.1 Å². The number of nitrogens with one attached hydrogen (secondary N) is 1. The normalized spacial score (nSPS) is 28.3. The molecule has 1 saturated carbocycles. The van der Waals surface area contributed by atoms with Crippen molar-refractivity contribution in [2.45, 2.75) is 39.3 Å². The molecule has 2 nitrogen and oxygen atoms in total. The van der Waals surface area contributed by atoms with E-state index in [1.165, 1.54) is 11.3 Å². The van der Waals surface area contributed by atoms with Gasteiger partial charge in [0.15, 0.2) is 0 Å². The molecule has 2 rings (SSSR count). The van der Waals surface area contributed by atoms with Gasteiger partial charge >= 0.3 is 0 Å². The largest absolute Gasteiger partial charge is 0.392 e. The van der Waals surface area contributed by atoms with E-state index < -0.39 is 0 Å². The zero-order valence-corrected chi connectivity index (χ0v) is 9.62. The summed E-state index contributed by atoms with van der Waals surface area (Å²) in [7, 11) is 0. The van der Waals surface area contributed by atoms with Crippen LogP contribution in [0.4, 0.5) is 5.69 Å². The lowest BCUT2D eigenvalue weighted by molar-refractivity contribution is -0.0510. The van der Waals surface area contributed by atoms with Crippen LogP contribution in [-0.4, -0.2) is 17.3 Å². The van der Waals surface area contributed by atoms with Gasteiger partial charge in [0.05, 0.1) is 6.10 Å². The van der Waals surface area contributed by atoms with Crippen LogP contribution in [0.1, 0.15) is 25.8 Å². The smallest absolute Gasteiger partial charge is 0.0630 e. The third kappa shape index (κ3) is 1.74. The Labute approximate surface area is 91.3 Å². The van der Waals surface area contributed by atoms with Crippen molar-refractivity contribution in [3.63, 3.8) is 0 Å². The minimum absolute atomic E-state index is 0.0116. The lowest BCUT2D eigenvalue weighted by atomic mass is 9.64. The van der Waals surface area contributed by atoms with E-state index in [1.807, 2.05) is 12.1 Å². The van der Waals surface area contributed by atoms with Gasteiger partial charge in [-0.25, -0.2) is 0 Å². The summed E-state index contributed by atoms with van der Waals surface area (Å²) in [5.41, 5.74) is 2.43. The molecule has 0 amide bonds. The maximum Gasteiger partial charge on any atom is 0.0630 e. The lowest BCUT2D eigenvalue weighted by Crippen LogP contribution is -2.56. The van der Waals surface area contributed by atoms with Crippen LogP contribution in [-0.2, 0) is 0 Å². The Hall–Kier alpha value is -1.02. The second-order valence-corrected chi connectivity index (χ2v) is 5.08. The molecule has 1 aliphatic rings. The number of aliphatic hydroxyl groups is 1. The third-order valence-electron chi connectivity index (χ3n) is 3.69. The molecule has 15 heavy (non-hydrogen) atoms. The van der Waals surface area contributed by atoms with Gasteiger partial charge < -0.3 is 10.4 Å². The third-order valence-corrected chi connectivity index (χ3v) is 3.69. The quantitative estimate of drug-likeness (QED) is 0.777. The summed E-state index contributed by atoms with van der Waals surface area (Å²) in [5.74, 6) is 0. The molecule has 0 aromatic heterocycles. The van der Waals surface area contributed by atoms with Gasteiger partial charge in [0.2, 0.25) is 0 Å². The van der Waals surface area contributed by atoms with Crippen LogP contribution < -0.4 is 5.32 Å². The molecule has 0 spiro atoms. The van der Waals surface area contributed by atoms with Gasteiger partial charge in [-0.2, -0.15) is 0 Å². The van der Waals surface area contributed by atoms with E-state index in [1.54, 1.807) is 0 Å². The Balaban J connectivity index is 2.08. The summed E-state index contributed by atoms with van der Waals surface area (Å²) < 4.78 is 0. The van der Waals surface area contributed by atoms with Crippen LogP contribution in [0.15, 0.2) is 24.3 Å². The molecule has 0 heterocycles. The van der Waals surface area contributed by atoms with Crippen LogP contribution in [0.3, 0.4) is 0 Å². The van der Waals surface area contributed by atoms with E-state index in [-0.39, 0.29) is 11.5 Å². The average Bonchev–Trinajstić information content (AvgIpc) is 2.20. The number of hydrogen-bond donors (Lipinski definition) is 2. The van der Waals surface area contributed by atoms with Crippen molar-refractivity contribution in [1.82, 2.24) is 0 Å². The molecular formula is C13H19NO. The molecule has 0 saturated heterocycles. The number of para-hydroxylation sites is 1. The standard InChI is InChI=1S/C13H19NO/c1-9-6-4-5-7-10(9)14-11-8-12(15)13(11,2)3/h4-7,11-12,14-15H,8H2,1-3H3. The highest BCUT2D eigenvalue weighted by molar-refractivity contribution is 5.51. The zero-order valence-electron chi connectivity index (χ0n) is 9.62. The zero-order chi connectivity index (χ0) is 11.1. The van der Waals surface area contributed by atoms with Gasteiger partial charge in [-0.15, -0.1) is 0 Å². The highest BCUT2D eigenvalue weighted by Crippen LogP contribution is 2.42. The van der Waals surface area contributed by atoms with Gasteiger partial charge in [-0.3, -0.25) is 0 Å². The molecule has 1 aliphatic carbocycles. The van der Waals surface area contributed by atoms with Gasteiger partial charge in [-0.1, -0.05) is 32.0 Å². The van der Waals surface area contributed by atoms with Crippen LogP contribution >= 0.6 is 0 Å².